The Kier molecular flexibility index (Phi) is 5.34. The van der Waals surface area contributed by atoms with Crippen molar-refractivity contribution >= 4 is 10.2 Å². The molecule has 2 rings (SSSR count). The molecule has 1 N–H and O–H groups in total. The van der Waals surface area contributed by atoms with Gasteiger partial charge in [0.2, 0.25) is 0 Å². The first kappa shape index (κ1) is 17.2. The number of nitrogens with zero attached hydrogens (tertiary/aromatic N) is 2. The molecule has 0 bridgehead atoms. The van der Waals surface area contributed by atoms with E-state index >= 15 is 0 Å². The van der Waals surface area contributed by atoms with Crippen LogP contribution in [0.5, 0.6) is 0 Å². The third-order valence-electron chi connectivity index (χ3n) is 4.60. The summed E-state index contributed by atoms with van der Waals surface area (Å²) in [5, 5.41) is 3.40. The Bertz CT molecular complexity index is 448. The SMILES string of the molecule is CC(C)NCC1CCCCN1S(=O)(=O)N1CCC(C)(C)C1. The summed E-state index contributed by atoms with van der Waals surface area (Å²) in [5.74, 6) is 0. The highest BCUT2D eigenvalue weighted by Gasteiger charge is 2.41. The lowest BCUT2D eigenvalue weighted by Crippen LogP contribution is -2.53. The molecule has 2 aliphatic rings. The first-order valence-electron chi connectivity index (χ1n) is 8.23. The molecule has 2 heterocycles. The minimum absolute atomic E-state index is 0.106. The monoisotopic (exact) mass is 317 g/mol. The Balaban J connectivity index is 2.08. The maximum absolute atomic E-state index is 13.0. The molecule has 2 saturated heterocycles. The second-order valence-electron chi connectivity index (χ2n) is 7.58. The van der Waals surface area contributed by atoms with Gasteiger partial charge in [0.05, 0.1) is 0 Å². The van der Waals surface area contributed by atoms with Crippen LogP contribution in [0.1, 0.15) is 53.4 Å². The van der Waals surface area contributed by atoms with Gasteiger partial charge in [-0.3, -0.25) is 0 Å². The predicted octanol–water partition coefficient (Wildman–Crippen LogP) is 1.82. The Morgan fingerprint density at radius 1 is 1.24 bits per heavy atom. The Hall–Kier alpha value is -0.170. The van der Waals surface area contributed by atoms with E-state index in [9.17, 15) is 8.42 Å². The topological polar surface area (TPSA) is 52.7 Å². The molecule has 124 valence electrons. The zero-order chi connectivity index (χ0) is 15.7. The van der Waals surface area contributed by atoms with Gasteiger partial charge in [0.25, 0.3) is 10.2 Å². The van der Waals surface area contributed by atoms with E-state index in [1.54, 1.807) is 8.61 Å². The molecule has 1 unspecified atom stereocenters. The first-order valence-corrected chi connectivity index (χ1v) is 9.62. The minimum atomic E-state index is -3.30. The van der Waals surface area contributed by atoms with Gasteiger partial charge >= 0.3 is 0 Å². The molecule has 21 heavy (non-hydrogen) atoms. The summed E-state index contributed by atoms with van der Waals surface area (Å²) in [6.45, 7) is 11.2. The summed E-state index contributed by atoms with van der Waals surface area (Å²) in [4.78, 5) is 0. The van der Waals surface area contributed by atoms with Crippen molar-refractivity contribution in [1.82, 2.24) is 13.9 Å². The molecule has 0 spiro atoms. The average Bonchev–Trinajstić information content (AvgIpc) is 2.78. The lowest BCUT2D eigenvalue weighted by atomic mass is 9.93. The van der Waals surface area contributed by atoms with Gasteiger partial charge in [0.15, 0.2) is 0 Å². The Labute approximate surface area is 130 Å². The van der Waals surface area contributed by atoms with E-state index in [4.69, 9.17) is 0 Å². The molecule has 2 aliphatic heterocycles. The van der Waals surface area contributed by atoms with Gasteiger partial charge in [0, 0.05) is 38.3 Å². The van der Waals surface area contributed by atoms with Crippen LogP contribution in [0.3, 0.4) is 0 Å². The fraction of sp³-hybridized carbons (Fsp3) is 1.00. The highest BCUT2D eigenvalue weighted by molar-refractivity contribution is 7.86. The molecule has 1 atom stereocenters. The van der Waals surface area contributed by atoms with E-state index in [0.29, 0.717) is 25.7 Å². The molecule has 0 saturated carbocycles. The second-order valence-corrected chi connectivity index (χ2v) is 9.46. The van der Waals surface area contributed by atoms with E-state index in [2.05, 4.69) is 33.0 Å². The molecule has 0 aliphatic carbocycles. The molecule has 0 radical (unpaired) electrons. The summed E-state index contributed by atoms with van der Waals surface area (Å²) in [6.07, 6.45) is 4.03. The summed E-state index contributed by atoms with van der Waals surface area (Å²) in [7, 11) is -3.30. The normalized spacial score (nSPS) is 28.3. The maximum atomic E-state index is 13.0. The zero-order valence-corrected chi connectivity index (χ0v) is 14.7. The fourth-order valence-corrected chi connectivity index (χ4v) is 5.31. The standard InChI is InChI=1S/C15H31N3O2S/c1-13(2)16-11-14-7-5-6-9-18(14)21(19,20)17-10-8-15(3,4)12-17/h13-14,16H,5-12H2,1-4H3. The van der Waals surface area contributed by atoms with Crippen LogP contribution in [-0.4, -0.2) is 55.3 Å². The molecule has 0 aromatic heterocycles. The molecule has 5 nitrogen and oxygen atoms in total. The van der Waals surface area contributed by atoms with Crippen LogP contribution in [0.2, 0.25) is 0 Å². The van der Waals surface area contributed by atoms with Gasteiger partial charge in [-0.1, -0.05) is 34.1 Å². The van der Waals surface area contributed by atoms with Crippen molar-refractivity contribution in [3.8, 4) is 0 Å². The quantitative estimate of drug-likeness (QED) is 0.841. The van der Waals surface area contributed by atoms with Crippen LogP contribution in [0.25, 0.3) is 0 Å². The van der Waals surface area contributed by atoms with Crippen molar-refractivity contribution in [3.63, 3.8) is 0 Å². The van der Waals surface area contributed by atoms with Crippen LogP contribution in [0, 0.1) is 5.41 Å². The van der Waals surface area contributed by atoms with Gasteiger partial charge in [-0.2, -0.15) is 17.0 Å². The highest BCUT2D eigenvalue weighted by Crippen LogP contribution is 2.33. The highest BCUT2D eigenvalue weighted by atomic mass is 32.2. The van der Waals surface area contributed by atoms with Gasteiger partial charge in [0.1, 0.15) is 0 Å². The third kappa shape index (κ3) is 4.18. The van der Waals surface area contributed by atoms with E-state index in [1.165, 1.54) is 0 Å². The van der Waals surface area contributed by atoms with E-state index in [1.807, 2.05) is 0 Å². The number of rotatable bonds is 5. The van der Waals surface area contributed by atoms with Crippen molar-refractivity contribution in [2.75, 3.05) is 26.2 Å². The zero-order valence-electron chi connectivity index (χ0n) is 13.9. The van der Waals surface area contributed by atoms with Crippen molar-refractivity contribution in [2.24, 2.45) is 5.41 Å². The number of nitrogens with one attached hydrogen (secondary N) is 1. The fourth-order valence-electron chi connectivity index (χ4n) is 3.26. The van der Waals surface area contributed by atoms with E-state index in [-0.39, 0.29) is 11.5 Å². The maximum Gasteiger partial charge on any atom is 0.282 e. The lowest BCUT2D eigenvalue weighted by Gasteiger charge is -2.37. The summed E-state index contributed by atoms with van der Waals surface area (Å²) in [5.41, 5.74) is 0.106. The molecule has 0 aromatic carbocycles. The Morgan fingerprint density at radius 2 is 1.95 bits per heavy atom. The minimum Gasteiger partial charge on any atom is -0.313 e. The van der Waals surface area contributed by atoms with Crippen molar-refractivity contribution in [3.05, 3.63) is 0 Å². The largest absolute Gasteiger partial charge is 0.313 e. The second kappa shape index (κ2) is 6.52. The number of hydrogen-bond acceptors (Lipinski definition) is 3. The lowest BCUT2D eigenvalue weighted by molar-refractivity contribution is 0.225. The summed E-state index contributed by atoms with van der Waals surface area (Å²) < 4.78 is 29.4. The first-order chi connectivity index (χ1) is 9.72. The van der Waals surface area contributed by atoms with Gasteiger partial charge in [-0.15, -0.1) is 0 Å². The van der Waals surface area contributed by atoms with Gasteiger partial charge in [-0.25, -0.2) is 0 Å². The van der Waals surface area contributed by atoms with Gasteiger partial charge in [-0.05, 0) is 24.7 Å². The molecular weight excluding hydrogens is 286 g/mol. The number of piperidine rings is 1. The predicted molar refractivity (Wildman–Crippen MR) is 86.4 cm³/mol. The summed E-state index contributed by atoms with van der Waals surface area (Å²) in [6, 6.07) is 0.497. The van der Waals surface area contributed by atoms with E-state index < -0.39 is 10.2 Å². The molecule has 0 aromatic rings. The van der Waals surface area contributed by atoms with Crippen molar-refractivity contribution < 1.29 is 8.42 Å². The molecule has 2 fully saturated rings. The van der Waals surface area contributed by atoms with E-state index in [0.717, 1.165) is 32.2 Å². The van der Waals surface area contributed by atoms with Crippen LogP contribution >= 0.6 is 0 Å². The van der Waals surface area contributed by atoms with Gasteiger partial charge < -0.3 is 5.32 Å². The molecule has 0 amide bonds. The van der Waals surface area contributed by atoms with Crippen molar-refractivity contribution in [1.29, 1.82) is 0 Å². The third-order valence-corrected chi connectivity index (χ3v) is 6.64. The van der Waals surface area contributed by atoms with Crippen LogP contribution < -0.4 is 5.32 Å². The van der Waals surface area contributed by atoms with Crippen molar-refractivity contribution in [2.45, 2.75) is 65.5 Å². The van der Waals surface area contributed by atoms with Crippen LogP contribution in [-0.2, 0) is 10.2 Å². The average molecular weight is 317 g/mol. The molecule has 6 heteroatoms. The number of hydrogen-bond donors (Lipinski definition) is 1. The summed E-state index contributed by atoms with van der Waals surface area (Å²) >= 11 is 0. The smallest absolute Gasteiger partial charge is 0.282 e. The van der Waals surface area contributed by atoms with Crippen LogP contribution in [0.15, 0.2) is 0 Å². The Morgan fingerprint density at radius 3 is 2.52 bits per heavy atom. The van der Waals surface area contributed by atoms with Crippen LogP contribution in [0.4, 0.5) is 0 Å². The molecular formula is C15H31N3O2S.